The van der Waals surface area contributed by atoms with Gasteiger partial charge in [-0.1, -0.05) is 30.3 Å². The normalized spacial score (nSPS) is 14.2. The minimum atomic E-state index is 0.0786. The van der Waals surface area contributed by atoms with Crippen molar-refractivity contribution in [2.24, 2.45) is 0 Å². The van der Waals surface area contributed by atoms with Crippen LogP contribution in [0.5, 0.6) is 0 Å². The van der Waals surface area contributed by atoms with E-state index in [1.54, 1.807) is 6.20 Å². The molecule has 0 unspecified atom stereocenters. The number of thiophene rings is 1. The summed E-state index contributed by atoms with van der Waals surface area (Å²) < 4.78 is 0. The predicted octanol–water partition coefficient (Wildman–Crippen LogP) is 4.04. The molecule has 1 aliphatic heterocycles. The van der Waals surface area contributed by atoms with Gasteiger partial charge in [0.15, 0.2) is 5.82 Å². The van der Waals surface area contributed by atoms with Crippen molar-refractivity contribution in [1.29, 1.82) is 0 Å². The molecule has 0 atom stereocenters. The van der Waals surface area contributed by atoms with Gasteiger partial charge in [0, 0.05) is 49.0 Å². The Morgan fingerprint density at radius 1 is 0.938 bits per heavy atom. The molecule has 5 rings (SSSR count). The molecule has 1 aliphatic rings. The maximum atomic E-state index is 13.3. The Hall–Kier alpha value is -3.39. The van der Waals surface area contributed by atoms with Gasteiger partial charge in [-0.2, -0.15) is 0 Å². The van der Waals surface area contributed by atoms with E-state index < -0.39 is 0 Å². The minimum absolute atomic E-state index is 0.0786. The lowest BCUT2D eigenvalue weighted by atomic mass is 10.1. The van der Waals surface area contributed by atoms with Gasteiger partial charge in [-0.3, -0.25) is 4.79 Å². The third-order valence-electron chi connectivity index (χ3n) is 5.84. The first-order valence-corrected chi connectivity index (χ1v) is 11.5. The second kappa shape index (κ2) is 8.27. The van der Waals surface area contributed by atoms with Crippen LogP contribution in [0.4, 0.5) is 5.82 Å². The molecule has 1 aromatic carbocycles. The summed E-state index contributed by atoms with van der Waals surface area (Å²) in [6.45, 7) is 8.65. The smallest absolute Gasteiger partial charge is 0.264 e. The molecule has 0 saturated carbocycles. The molecule has 3 aromatic heterocycles. The number of nitrogens with zero attached hydrogens (tertiary/aromatic N) is 6. The average molecular weight is 445 g/mol. The van der Waals surface area contributed by atoms with Crippen LogP contribution in [0.25, 0.3) is 21.6 Å². The monoisotopic (exact) mass is 444 g/mol. The molecular formula is C24H24N6OS. The Balaban J connectivity index is 1.32. The fourth-order valence-corrected chi connectivity index (χ4v) is 5.46. The number of benzene rings is 1. The van der Waals surface area contributed by atoms with Gasteiger partial charge in [0.05, 0.1) is 4.88 Å². The summed E-state index contributed by atoms with van der Waals surface area (Å²) in [5.74, 6) is 2.43. The molecule has 0 radical (unpaired) electrons. The topological polar surface area (TPSA) is 75.1 Å². The Morgan fingerprint density at radius 2 is 1.69 bits per heavy atom. The number of rotatable bonds is 3. The van der Waals surface area contributed by atoms with E-state index in [4.69, 9.17) is 4.98 Å². The third-order valence-corrected chi connectivity index (χ3v) is 7.01. The number of hydrogen-bond acceptors (Lipinski definition) is 7. The predicted molar refractivity (Wildman–Crippen MR) is 127 cm³/mol. The SMILES string of the molecule is Cc1nc(C)c2c(C)c(C(=O)N3CCN(c4ccnc(-c5ccccc5)n4)CC3)sc2n1. The summed E-state index contributed by atoms with van der Waals surface area (Å²) in [4.78, 5) is 37.3. The standard InChI is InChI=1S/C24H24N6OS/c1-15-20-16(2)26-17(3)27-23(20)32-21(15)24(31)30-13-11-29(12-14-30)19-9-10-25-22(28-19)18-7-5-4-6-8-18/h4-10H,11-14H2,1-3H3. The summed E-state index contributed by atoms with van der Waals surface area (Å²) in [6, 6.07) is 11.9. The molecular weight excluding hydrogens is 420 g/mol. The summed E-state index contributed by atoms with van der Waals surface area (Å²) >= 11 is 1.47. The van der Waals surface area contributed by atoms with E-state index >= 15 is 0 Å². The highest BCUT2D eigenvalue weighted by Crippen LogP contribution is 2.32. The first kappa shape index (κ1) is 20.5. The summed E-state index contributed by atoms with van der Waals surface area (Å²) in [5, 5.41) is 1.01. The fourth-order valence-electron chi connectivity index (χ4n) is 4.21. The molecule has 1 fully saturated rings. The van der Waals surface area contributed by atoms with E-state index in [0.29, 0.717) is 18.9 Å². The lowest BCUT2D eigenvalue weighted by Gasteiger charge is -2.35. The lowest BCUT2D eigenvalue weighted by Crippen LogP contribution is -2.49. The van der Waals surface area contributed by atoms with Gasteiger partial charge in [-0.05, 0) is 32.4 Å². The maximum absolute atomic E-state index is 13.3. The van der Waals surface area contributed by atoms with Gasteiger partial charge in [0.1, 0.15) is 16.5 Å². The number of carbonyl (C=O) groups is 1. The molecule has 32 heavy (non-hydrogen) atoms. The van der Waals surface area contributed by atoms with E-state index in [-0.39, 0.29) is 5.91 Å². The number of hydrogen-bond donors (Lipinski definition) is 0. The van der Waals surface area contributed by atoms with E-state index in [1.807, 2.05) is 62.1 Å². The lowest BCUT2D eigenvalue weighted by molar-refractivity contribution is 0.0751. The Bertz CT molecular complexity index is 1290. The van der Waals surface area contributed by atoms with Gasteiger partial charge in [-0.25, -0.2) is 19.9 Å². The van der Waals surface area contributed by atoms with E-state index in [9.17, 15) is 4.79 Å². The number of carbonyl (C=O) groups excluding carboxylic acids is 1. The molecule has 1 amide bonds. The number of aromatic nitrogens is 4. The molecule has 7 nitrogen and oxygen atoms in total. The second-order valence-corrected chi connectivity index (χ2v) is 8.98. The molecule has 8 heteroatoms. The van der Waals surface area contributed by atoms with E-state index in [0.717, 1.165) is 56.6 Å². The van der Waals surface area contributed by atoms with Crippen molar-refractivity contribution in [2.45, 2.75) is 20.8 Å². The van der Waals surface area contributed by atoms with Crippen molar-refractivity contribution in [3.63, 3.8) is 0 Å². The van der Waals surface area contributed by atoms with Crippen molar-refractivity contribution in [3.05, 3.63) is 64.6 Å². The zero-order chi connectivity index (χ0) is 22.2. The van der Waals surface area contributed by atoms with E-state index in [2.05, 4.69) is 19.9 Å². The molecule has 162 valence electrons. The first-order chi connectivity index (χ1) is 15.5. The molecule has 4 heterocycles. The average Bonchev–Trinajstić information content (AvgIpc) is 3.15. The molecule has 4 aromatic rings. The highest BCUT2D eigenvalue weighted by atomic mass is 32.1. The summed E-state index contributed by atoms with van der Waals surface area (Å²) in [6.07, 6.45) is 1.80. The van der Waals surface area contributed by atoms with Crippen LogP contribution in [0, 0.1) is 20.8 Å². The number of amides is 1. The minimum Gasteiger partial charge on any atom is -0.353 e. The fraction of sp³-hybridized carbons (Fsp3) is 0.292. The highest BCUT2D eigenvalue weighted by molar-refractivity contribution is 7.20. The van der Waals surface area contributed by atoms with Crippen LogP contribution in [-0.4, -0.2) is 56.9 Å². The number of piperazine rings is 1. The number of fused-ring (bicyclic) bond motifs is 1. The van der Waals surface area contributed by atoms with Gasteiger partial charge < -0.3 is 9.80 Å². The van der Waals surface area contributed by atoms with Crippen LogP contribution in [0.2, 0.25) is 0 Å². The molecule has 0 bridgehead atoms. The van der Waals surface area contributed by atoms with Crippen LogP contribution in [0.1, 0.15) is 26.8 Å². The first-order valence-electron chi connectivity index (χ1n) is 10.7. The quantitative estimate of drug-likeness (QED) is 0.475. The second-order valence-electron chi connectivity index (χ2n) is 7.98. The molecule has 0 N–H and O–H groups in total. The Labute approximate surface area is 190 Å². The highest BCUT2D eigenvalue weighted by Gasteiger charge is 2.27. The zero-order valence-corrected chi connectivity index (χ0v) is 19.2. The van der Waals surface area contributed by atoms with Crippen LogP contribution < -0.4 is 4.90 Å². The molecule has 1 saturated heterocycles. The van der Waals surface area contributed by atoms with Crippen LogP contribution in [0.3, 0.4) is 0 Å². The third kappa shape index (κ3) is 3.71. The van der Waals surface area contributed by atoms with E-state index in [1.165, 1.54) is 11.3 Å². The van der Waals surface area contributed by atoms with Gasteiger partial charge in [-0.15, -0.1) is 11.3 Å². The van der Waals surface area contributed by atoms with Crippen molar-refractivity contribution in [3.8, 4) is 11.4 Å². The largest absolute Gasteiger partial charge is 0.353 e. The van der Waals surface area contributed by atoms with Crippen LogP contribution in [0.15, 0.2) is 42.6 Å². The summed E-state index contributed by atoms with van der Waals surface area (Å²) in [7, 11) is 0. The molecule has 0 aliphatic carbocycles. The van der Waals surface area contributed by atoms with Gasteiger partial charge in [0.25, 0.3) is 5.91 Å². The van der Waals surface area contributed by atoms with Crippen molar-refractivity contribution < 1.29 is 4.79 Å². The Morgan fingerprint density at radius 3 is 2.44 bits per heavy atom. The van der Waals surface area contributed by atoms with Gasteiger partial charge >= 0.3 is 0 Å². The van der Waals surface area contributed by atoms with Crippen molar-refractivity contribution in [1.82, 2.24) is 24.8 Å². The van der Waals surface area contributed by atoms with Crippen molar-refractivity contribution >= 4 is 33.3 Å². The number of anilines is 1. The Kier molecular flexibility index (Phi) is 5.30. The maximum Gasteiger partial charge on any atom is 0.264 e. The number of aryl methyl sites for hydroxylation is 3. The summed E-state index contributed by atoms with van der Waals surface area (Å²) in [5.41, 5.74) is 2.92. The van der Waals surface area contributed by atoms with Crippen molar-refractivity contribution in [2.75, 3.05) is 31.1 Å². The van der Waals surface area contributed by atoms with Crippen LogP contribution >= 0.6 is 11.3 Å². The van der Waals surface area contributed by atoms with Gasteiger partial charge in [0.2, 0.25) is 0 Å². The molecule has 0 spiro atoms. The van der Waals surface area contributed by atoms with Crippen LogP contribution in [-0.2, 0) is 0 Å². The zero-order valence-electron chi connectivity index (χ0n) is 18.4.